The molecule has 1 N–H and O–H groups in total. The fraction of sp³-hybridized carbons (Fsp3) is 0.692. The summed E-state index contributed by atoms with van der Waals surface area (Å²) in [6.45, 7) is 8.48. The van der Waals surface area contributed by atoms with Crippen molar-refractivity contribution in [2.75, 3.05) is 7.05 Å². The molecule has 90 valence electrons. The van der Waals surface area contributed by atoms with Crippen LogP contribution in [0.3, 0.4) is 0 Å². The minimum Gasteiger partial charge on any atom is -0.317 e. The van der Waals surface area contributed by atoms with Crippen molar-refractivity contribution in [1.82, 2.24) is 15.3 Å². The van der Waals surface area contributed by atoms with Crippen LogP contribution in [0, 0.1) is 19.8 Å². The highest BCUT2D eigenvalue weighted by Gasteiger charge is 2.11. The number of hydrogen-bond acceptors (Lipinski definition) is 3. The lowest BCUT2D eigenvalue weighted by atomic mass is 9.99. The van der Waals surface area contributed by atoms with E-state index in [2.05, 4.69) is 35.2 Å². The first kappa shape index (κ1) is 13.1. The standard InChI is InChI=1S/C13H23N3/c1-9(2)6-12(14-5)8-13-7-10(3)15-11(4)16-13/h7,9,12,14H,6,8H2,1-5H3. The van der Waals surface area contributed by atoms with Gasteiger partial charge in [0, 0.05) is 23.9 Å². The Morgan fingerprint density at radius 3 is 2.44 bits per heavy atom. The summed E-state index contributed by atoms with van der Waals surface area (Å²) in [6, 6.07) is 2.59. The molecule has 0 spiro atoms. The van der Waals surface area contributed by atoms with E-state index in [0.717, 1.165) is 23.6 Å². The van der Waals surface area contributed by atoms with Crippen LogP contribution in [0.15, 0.2) is 6.07 Å². The van der Waals surface area contributed by atoms with Crippen molar-refractivity contribution in [3.8, 4) is 0 Å². The molecule has 0 aliphatic heterocycles. The molecule has 0 amide bonds. The molecule has 0 aliphatic carbocycles. The lowest BCUT2D eigenvalue weighted by molar-refractivity contribution is 0.437. The molecule has 0 aromatic carbocycles. The van der Waals surface area contributed by atoms with Gasteiger partial charge in [-0.05, 0) is 39.3 Å². The van der Waals surface area contributed by atoms with Crippen LogP contribution in [0.2, 0.25) is 0 Å². The molecule has 3 heteroatoms. The van der Waals surface area contributed by atoms with E-state index in [4.69, 9.17) is 0 Å². The number of aryl methyl sites for hydroxylation is 2. The monoisotopic (exact) mass is 221 g/mol. The Balaban J connectivity index is 2.69. The van der Waals surface area contributed by atoms with E-state index in [1.54, 1.807) is 0 Å². The van der Waals surface area contributed by atoms with Crippen molar-refractivity contribution in [2.24, 2.45) is 5.92 Å². The molecule has 0 bridgehead atoms. The molecule has 16 heavy (non-hydrogen) atoms. The van der Waals surface area contributed by atoms with E-state index in [0.29, 0.717) is 12.0 Å². The van der Waals surface area contributed by atoms with Gasteiger partial charge in [-0.3, -0.25) is 0 Å². The Hall–Kier alpha value is -0.960. The minimum atomic E-state index is 0.508. The fourth-order valence-electron chi connectivity index (χ4n) is 2.02. The molecule has 3 nitrogen and oxygen atoms in total. The summed E-state index contributed by atoms with van der Waals surface area (Å²) in [5.41, 5.74) is 2.20. The summed E-state index contributed by atoms with van der Waals surface area (Å²) in [6.07, 6.45) is 2.16. The third-order valence-electron chi connectivity index (χ3n) is 2.64. The van der Waals surface area contributed by atoms with E-state index in [9.17, 15) is 0 Å². The van der Waals surface area contributed by atoms with Gasteiger partial charge in [-0.1, -0.05) is 13.8 Å². The minimum absolute atomic E-state index is 0.508. The van der Waals surface area contributed by atoms with Gasteiger partial charge in [0.2, 0.25) is 0 Å². The van der Waals surface area contributed by atoms with E-state index >= 15 is 0 Å². The zero-order valence-electron chi connectivity index (χ0n) is 11.0. The van der Waals surface area contributed by atoms with Gasteiger partial charge in [-0.25, -0.2) is 9.97 Å². The predicted octanol–water partition coefficient (Wildman–Crippen LogP) is 2.27. The third kappa shape index (κ3) is 4.27. The molecule has 1 unspecified atom stereocenters. The van der Waals surface area contributed by atoms with Crippen LogP contribution in [-0.4, -0.2) is 23.1 Å². The first-order valence-corrected chi connectivity index (χ1v) is 5.99. The molecule has 0 aliphatic rings. The van der Waals surface area contributed by atoms with Gasteiger partial charge in [-0.15, -0.1) is 0 Å². The fourth-order valence-corrected chi connectivity index (χ4v) is 2.02. The van der Waals surface area contributed by atoms with Crippen molar-refractivity contribution in [2.45, 2.75) is 46.6 Å². The summed E-state index contributed by atoms with van der Waals surface area (Å²) in [5, 5.41) is 3.36. The largest absolute Gasteiger partial charge is 0.317 e. The molecular formula is C13H23N3. The molecule has 1 heterocycles. The van der Waals surface area contributed by atoms with Crippen molar-refractivity contribution >= 4 is 0 Å². The molecule has 1 rings (SSSR count). The van der Waals surface area contributed by atoms with Gasteiger partial charge in [0.05, 0.1) is 0 Å². The highest BCUT2D eigenvalue weighted by molar-refractivity contribution is 5.10. The number of nitrogens with zero attached hydrogens (tertiary/aromatic N) is 2. The van der Waals surface area contributed by atoms with Crippen LogP contribution in [0.5, 0.6) is 0 Å². The SMILES string of the molecule is CNC(Cc1cc(C)nc(C)n1)CC(C)C. The Bertz CT molecular complexity index is 314. The summed E-state index contributed by atoms with van der Waals surface area (Å²) in [4.78, 5) is 8.77. The molecule has 1 atom stereocenters. The van der Waals surface area contributed by atoms with E-state index in [1.807, 2.05) is 20.9 Å². The Morgan fingerprint density at radius 2 is 1.94 bits per heavy atom. The van der Waals surface area contributed by atoms with Crippen LogP contribution in [0.25, 0.3) is 0 Å². The maximum absolute atomic E-state index is 4.48. The summed E-state index contributed by atoms with van der Waals surface area (Å²) in [5.74, 6) is 1.58. The zero-order chi connectivity index (χ0) is 12.1. The van der Waals surface area contributed by atoms with Crippen LogP contribution < -0.4 is 5.32 Å². The quantitative estimate of drug-likeness (QED) is 0.829. The summed E-state index contributed by atoms with van der Waals surface area (Å²) < 4.78 is 0. The van der Waals surface area contributed by atoms with Crippen LogP contribution in [0.4, 0.5) is 0 Å². The van der Waals surface area contributed by atoms with Gasteiger partial charge in [0.1, 0.15) is 5.82 Å². The van der Waals surface area contributed by atoms with Gasteiger partial charge in [0.25, 0.3) is 0 Å². The van der Waals surface area contributed by atoms with Crippen LogP contribution in [0.1, 0.15) is 37.5 Å². The molecule has 0 saturated carbocycles. The number of hydrogen-bond donors (Lipinski definition) is 1. The molecule has 1 aromatic rings. The number of likely N-dealkylation sites (N-methyl/N-ethyl adjacent to an activating group) is 1. The Kier molecular flexibility index (Phi) is 4.87. The summed E-state index contributed by atoms with van der Waals surface area (Å²) in [7, 11) is 2.02. The second-order valence-corrected chi connectivity index (χ2v) is 4.87. The number of aromatic nitrogens is 2. The predicted molar refractivity (Wildman–Crippen MR) is 67.5 cm³/mol. The third-order valence-corrected chi connectivity index (χ3v) is 2.64. The van der Waals surface area contributed by atoms with Crippen molar-refractivity contribution in [1.29, 1.82) is 0 Å². The first-order chi connectivity index (χ1) is 7.51. The smallest absolute Gasteiger partial charge is 0.125 e. The lowest BCUT2D eigenvalue weighted by Crippen LogP contribution is -2.29. The van der Waals surface area contributed by atoms with Crippen LogP contribution in [-0.2, 0) is 6.42 Å². The maximum Gasteiger partial charge on any atom is 0.125 e. The second kappa shape index (κ2) is 5.94. The van der Waals surface area contributed by atoms with Gasteiger partial charge in [-0.2, -0.15) is 0 Å². The van der Waals surface area contributed by atoms with Gasteiger partial charge >= 0.3 is 0 Å². The molecule has 0 fully saturated rings. The zero-order valence-corrected chi connectivity index (χ0v) is 11.0. The van der Waals surface area contributed by atoms with E-state index < -0.39 is 0 Å². The second-order valence-electron chi connectivity index (χ2n) is 4.87. The highest BCUT2D eigenvalue weighted by Crippen LogP contribution is 2.10. The van der Waals surface area contributed by atoms with Crippen LogP contribution >= 0.6 is 0 Å². The maximum atomic E-state index is 4.48. The average Bonchev–Trinajstić information content (AvgIpc) is 2.14. The van der Waals surface area contributed by atoms with Crippen molar-refractivity contribution < 1.29 is 0 Å². The van der Waals surface area contributed by atoms with Gasteiger partial charge in [0.15, 0.2) is 0 Å². The summed E-state index contributed by atoms with van der Waals surface area (Å²) >= 11 is 0. The van der Waals surface area contributed by atoms with E-state index in [1.165, 1.54) is 6.42 Å². The topological polar surface area (TPSA) is 37.8 Å². The average molecular weight is 221 g/mol. The van der Waals surface area contributed by atoms with Crippen molar-refractivity contribution in [3.05, 3.63) is 23.3 Å². The van der Waals surface area contributed by atoms with Crippen molar-refractivity contribution in [3.63, 3.8) is 0 Å². The van der Waals surface area contributed by atoms with Gasteiger partial charge < -0.3 is 5.32 Å². The van der Waals surface area contributed by atoms with E-state index in [-0.39, 0.29) is 0 Å². The lowest BCUT2D eigenvalue weighted by Gasteiger charge is -2.18. The molecule has 0 radical (unpaired) electrons. The molecular weight excluding hydrogens is 198 g/mol. The Morgan fingerprint density at radius 1 is 1.25 bits per heavy atom. The molecule has 1 aromatic heterocycles. The number of rotatable bonds is 5. The number of nitrogens with one attached hydrogen (secondary N) is 1. The highest BCUT2D eigenvalue weighted by atomic mass is 14.9. The first-order valence-electron chi connectivity index (χ1n) is 5.99. The normalized spacial score (nSPS) is 13.1. The Labute approximate surface area is 98.7 Å². The molecule has 0 saturated heterocycles.